The first-order valence-corrected chi connectivity index (χ1v) is 10.4. The summed E-state index contributed by atoms with van der Waals surface area (Å²) < 4.78 is 6.00. The number of aryl methyl sites for hydroxylation is 1. The van der Waals surface area contributed by atoms with Gasteiger partial charge in [-0.2, -0.15) is 0 Å². The third-order valence-electron chi connectivity index (χ3n) is 5.50. The molecule has 0 N–H and O–H groups in total. The van der Waals surface area contributed by atoms with Crippen LogP contribution in [0.15, 0.2) is 48.8 Å². The zero-order chi connectivity index (χ0) is 20.2. The van der Waals surface area contributed by atoms with Crippen LogP contribution in [0.5, 0.6) is 5.75 Å². The van der Waals surface area contributed by atoms with E-state index < -0.39 is 6.10 Å². The molecular weight excluding hydrogens is 362 g/mol. The van der Waals surface area contributed by atoms with Gasteiger partial charge in [-0.25, -0.2) is 9.97 Å². The summed E-state index contributed by atoms with van der Waals surface area (Å²) >= 11 is 0. The van der Waals surface area contributed by atoms with Crippen molar-refractivity contribution in [3.05, 3.63) is 54.6 Å². The fraction of sp³-hybridized carbons (Fsp3) is 0.375. The maximum atomic E-state index is 12.7. The van der Waals surface area contributed by atoms with Crippen LogP contribution in [0.25, 0.3) is 21.9 Å². The third kappa shape index (κ3) is 4.56. The van der Waals surface area contributed by atoms with Crippen molar-refractivity contribution < 1.29 is 9.53 Å². The molecule has 2 heterocycles. The lowest BCUT2D eigenvalue weighted by atomic mass is 10.0. The SMILES string of the molecule is Cc1ncc(-c2ccc3cc(OC(C)C(=O)N4CCCCCC4)ccc3c2)cn1. The molecule has 0 bridgehead atoms. The van der Waals surface area contributed by atoms with Gasteiger partial charge in [0, 0.05) is 31.0 Å². The van der Waals surface area contributed by atoms with Crippen LogP contribution >= 0.6 is 0 Å². The standard InChI is InChI=1S/C24H27N3O2/c1-17(24(28)27-11-5-3-4-6-12-27)29-23-10-9-19-13-20(7-8-21(19)14-23)22-15-25-18(2)26-16-22/h7-10,13-17H,3-6,11-12H2,1-2H3. The van der Waals surface area contributed by atoms with Crippen LogP contribution in [0.4, 0.5) is 0 Å². The largest absolute Gasteiger partial charge is 0.481 e. The van der Waals surface area contributed by atoms with Crippen LogP contribution in [0, 0.1) is 6.92 Å². The summed E-state index contributed by atoms with van der Waals surface area (Å²) in [5.74, 6) is 1.57. The molecule has 4 rings (SSSR count). The molecule has 29 heavy (non-hydrogen) atoms. The number of ether oxygens (including phenoxy) is 1. The molecule has 150 valence electrons. The van der Waals surface area contributed by atoms with Crippen molar-refractivity contribution in [2.45, 2.75) is 45.6 Å². The lowest BCUT2D eigenvalue weighted by molar-refractivity contribution is -0.137. The zero-order valence-corrected chi connectivity index (χ0v) is 17.1. The Labute approximate surface area is 171 Å². The maximum Gasteiger partial charge on any atom is 0.263 e. The lowest BCUT2D eigenvalue weighted by Crippen LogP contribution is -2.40. The van der Waals surface area contributed by atoms with Gasteiger partial charge in [-0.1, -0.05) is 31.0 Å². The highest BCUT2D eigenvalue weighted by Gasteiger charge is 2.22. The maximum absolute atomic E-state index is 12.7. The fourth-order valence-corrected chi connectivity index (χ4v) is 3.82. The van der Waals surface area contributed by atoms with Gasteiger partial charge in [0.1, 0.15) is 11.6 Å². The highest BCUT2D eigenvalue weighted by Crippen LogP contribution is 2.27. The van der Waals surface area contributed by atoms with Crippen molar-refractivity contribution in [2.24, 2.45) is 0 Å². The minimum Gasteiger partial charge on any atom is -0.481 e. The van der Waals surface area contributed by atoms with Gasteiger partial charge in [0.05, 0.1) is 0 Å². The Kier molecular flexibility index (Phi) is 5.74. The Balaban J connectivity index is 1.49. The second-order valence-electron chi connectivity index (χ2n) is 7.74. The van der Waals surface area contributed by atoms with Crippen LogP contribution in [0.1, 0.15) is 38.4 Å². The minimum absolute atomic E-state index is 0.0849. The second kappa shape index (κ2) is 8.60. The number of rotatable bonds is 4. The molecule has 1 amide bonds. The Hall–Kier alpha value is -2.95. The van der Waals surface area contributed by atoms with E-state index in [1.807, 2.05) is 49.3 Å². The summed E-state index contributed by atoms with van der Waals surface area (Å²) in [5.41, 5.74) is 2.07. The molecule has 5 nitrogen and oxygen atoms in total. The van der Waals surface area contributed by atoms with Crippen LogP contribution in [0.3, 0.4) is 0 Å². The first-order valence-electron chi connectivity index (χ1n) is 10.4. The molecule has 0 radical (unpaired) electrons. The van der Waals surface area contributed by atoms with Gasteiger partial charge in [0.15, 0.2) is 6.10 Å². The molecule has 2 aromatic carbocycles. The Morgan fingerprint density at radius 3 is 2.31 bits per heavy atom. The summed E-state index contributed by atoms with van der Waals surface area (Å²) in [6.45, 7) is 5.41. The molecule has 1 aliphatic rings. The predicted molar refractivity (Wildman–Crippen MR) is 115 cm³/mol. The first kappa shape index (κ1) is 19.4. The van der Waals surface area contributed by atoms with Gasteiger partial charge in [-0.05, 0) is 61.2 Å². The summed E-state index contributed by atoms with van der Waals surface area (Å²) in [5, 5.41) is 2.19. The number of carbonyl (C=O) groups excluding carboxylic acids is 1. The number of nitrogens with zero attached hydrogens (tertiary/aromatic N) is 3. The van der Waals surface area contributed by atoms with E-state index in [9.17, 15) is 4.79 Å². The van der Waals surface area contributed by atoms with Crippen LogP contribution < -0.4 is 4.74 Å². The van der Waals surface area contributed by atoms with E-state index in [1.165, 1.54) is 12.8 Å². The van der Waals surface area contributed by atoms with E-state index >= 15 is 0 Å². The number of amides is 1. The fourth-order valence-electron chi connectivity index (χ4n) is 3.82. The molecular formula is C24H27N3O2. The molecule has 1 aliphatic heterocycles. The highest BCUT2D eigenvalue weighted by molar-refractivity contribution is 5.88. The van der Waals surface area contributed by atoms with E-state index in [4.69, 9.17) is 4.74 Å². The molecule has 1 fully saturated rings. The Morgan fingerprint density at radius 2 is 1.59 bits per heavy atom. The molecule has 0 aliphatic carbocycles. The second-order valence-corrected chi connectivity index (χ2v) is 7.74. The number of benzene rings is 2. The number of likely N-dealkylation sites (tertiary alicyclic amines) is 1. The average molecular weight is 389 g/mol. The normalized spacial score (nSPS) is 15.7. The van der Waals surface area contributed by atoms with Gasteiger partial charge in [0.2, 0.25) is 0 Å². The van der Waals surface area contributed by atoms with Gasteiger partial charge in [-0.15, -0.1) is 0 Å². The van der Waals surface area contributed by atoms with Crippen molar-refractivity contribution in [3.63, 3.8) is 0 Å². The number of hydrogen-bond donors (Lipinski definition) is 0. The quantitative estimate of drug-likeness (QED) is 0.645. The zero-order valence-electron chi connectivity index (χ0n) is 17.1. The van der Waals surface area contributed by atoms with Crippen molar-refractivity contribution in [1.29, 1.82) is 0 Å². The topological polar surface area (TPSA) is 55.3 Å². The number of carbonyl (C=O) groups is 1. The molecule has 1 saturated heterocycles. The van der Waals surface area contributed by atoms with Gasteiger partial charge < -0.3 is 9.64 Å². The van der Waals surface area contributed by atoms with Crippen molar-refractivity contribution in [1.82, 2.24) is 14.9 Å². The van der Waals surface area contributed by atoms with Gasteiger partial charge in [-0.3, -0.25) is 4.79 Å². The molecule has 1 aromatic heterocycles. The van der Waals surface area contributed by atoms with Crippen LogP contribution in [0.2, 0.25) is 0 Å². The summed E-state index contributed by atoms with van der Waals surface area (Å²) in [7, 11) is 0. The molecule has 0 spiro atoms. The summed E-state index contributed by atoms with van der Waals surface area (Å²) in [4.78, 5) is 23.2. The third-order valence-corrected chi connectivity index (χ3v) is 5.50. The molecule has 1 unspecified atom stereocenters. The smallest absolute Gasteiger partial charge is 0.263 e. The summed E-state index contributed by atoms with van der Waals surface area (Å²) in [6, 6.07) is 12.2. The Morgan fingerprint density at radius 1 is 0.931 bits per heavy atom. The minimum atomic E-state index is -0.477. The van der Waals surface area contributed by atoms with Crippen molar-refractivity contribution in [2.75, 3.05) is 13.1 Å². The lowest BCUT2D eigenvalue weighted by Gasteiger charge is -2.24. The molecule has 1 atom stereocenters. The van der Waals surface area contributed by atoms with E-state index in [2.05, 4.69) is 28.2 Å². The van der Waals surface area contributed by atoms with Crippen molar-refractivity contribution >= 4 is 16.7 Å². The van der Waals surface area contributed by atoms with Crippen molar-refractivity contribution in [3.8, 4) is 16.9 Å². The van der Waals surface area contributed by atoms with Gasteiger partial charge >= 0.3 is 0 Å². The van der Waals surface area contributed by atoms with E-state index in [-0.39, 0.29) is 5.91 Å². The molecule has 0 saturated carbocycles. The average Bonchev–Trinajstić information content (AvgIpc) is 3.03. The summed E-state index contributed by atoms with van der Waals surface area (Å²) in [6.07, 6.45) is 7.80. The molecule has 3 aromatic rings. The highest BCUT2D eigenvalue weighted by atomic mass is 16.5. The number of fused-ring (bicyclic) bond motifs is 1. The first-order chi connectivity index (χ1) is 14.1. The van der Waals surface area contributed by atoms with E-state index in [0.717, 1.165) is 59.4 Å². The number of aromatic nitrogens is 2. The van der Waals surface area contributed by atoms with Crippen LogP contribution in [-0.2, 0) is 4.79 Å². The monoisotopic (exact) mass is 389 g/mol. The predicted octanol–water partition coefficient (Wildman–Crippen LogP) is 4.78. The number of hydrogen-bond acceptors (Lipinski definition) is 4. The Bertz CT molecular complexity index is 993. The molecule has 5 heteroatoms. The van der Waals surface area contributed by atoms with E-state index in [1.54, 1.807) is 0 Å². The van der Waals surface area contributed by atoms with Crippen LogP contribution in [-0.4, -0.2) is 40.0 Å². The van der Waals surface area contributed by atoms with E-state index in [0.29, 0.717) is 0 Å². The van der Waals surface area contributed by atoms with Gasteiger partial charge in [0.25, 0.3) is 5.91 Å².